The van der Waals surface area contributed by atoms with Gasteiger partial charge in [-0.05, 0) is 61.1 Å². The smallest absolute Gasteiger partial charge is 0.303 e. The fourth-order valence-corrected chi connectivity index (χ4v) is 4.43. The van der Waals surface area contributed by atoms with Crippen LogP contribution in [-0.2, 0) is 22.4 Å². The van der Waals surface area contributed by atoms with Crippen LogP contribution in [-0.4, -0.2) is 22.2 Å². The Morgan fingerprint density at radius 2 is 1.00 bits per heavy atom. The third-order valence-corrected chi connectivity index (χ3v) is 6.57. The van der Waals surface area contributed by atoms with E-state index in [0.717, 1.165) is 44.9 Å². The van der Waals surface area contributed by atoms with Crippen molar-refractivity contribution >= 4 is 11.9 Å². The number of aryl methyl sites for hydroxylation is 2. The van der Waals surface area contributed by atoms with E-state index in [1.807, 2.05) is 0 Å². The van der Waals surface area contributed by atoms with Gasteiger partial charge in [0.05, 0.1) is 0 Å². The molecule has 0 unspecified atom stereocenters. The van der Waals surface area contributed by atoms with Gasteiger partial charge in [-0.15, -0.1) is 0 Å². The Morgan fingerprint density at radius 1 is 0.606 bits per heavy atom. The summed E-state index contributed by atoms with van der Waals surface area (Å²) < 4.78 is 0. The molecule has 0 aliphatic heterocycles. The van der Waals surface area contributed by atoms with Gasteiger partial charge in [0, 0.05) is 12.8 Å². The zero-order valence-corrected chi connectivity index (χ0v) is 21.2. The lowest BCUT2D eigenvalue weighted by Gasteiger charge is -2.14. The molecule has 4 heteroatoms. The molecule has 33 heavy (non-hydrogen) atoms. The molecule has 0 spiro atoms. The van der Waals surface area contributed by atoms with E-state index in [0.29, 0.717) is 18.8 Å². The van der Waals surface area contributed by atoms with Crippen LogP contribution in [0.25, 0.3) is 0 Å². The summed E-state index contributed by atoms with van der Waals surface area (Å²) in [5.74, 6) is -0.797. The van der Waals surface area contributed by atoms with Gasteiger partial charge >= 0.3 is 11.9 Å². The van der Waals surface area contributed by atoms with E-state index in [4.69, 9.17) is 10.2 Å². The molecule has 0 fully saturated rings. The minimum absolute atomic E-state index is 0.307. The number of aliphatic carboxylic acids is 2. The maximum absolute atomic E-state index is 10.6. The van der Waals surface area contributed by atoms with E-state index in [1.54, 1.807) is 0 Å². The number of hydrogen-bond acceptors (Lipinski definition) is 2. The van der Waals surface area contributed by atoms with E-state index in [1.165, 1.54) is 74.5 Å². The molecule has 0 amide bonds. The molecule has 1 rings (SSSR count). The van der Waals surface area contributed by atoms with Crippen molar-refractivity contribution in [1.29, 1.82) is 0 Å². The Balaban J connectivity index is 2.28. The van der Waals surface area contributed by atoms with Crippen molar-refractivity contribution in [2.24, 2.45) is 0 Å². The van der Waals surface area contributed by atoms with E-state index < -0.39 is 11.9 Å². The molecule has 188 valence electrons. The quantitative estimate of drug-likeness (QED) is 0.181. The maximum atomic E-state index is 10.6. The second-order valence-electron chi connectivity index (χ2n) is 9.92. The number of benzene rings is 1. The molecule has 1 aromatic rings. The first-order valence-electron chi connectivity index (χ1n) is 13.5. The summed E-state index contributed by atoms with van der Waals surface area (Å²) in [7, 11) is 0. The highest BCUT2D eigenvalue weighted by molar-refractivity contribution is 5.66. The number of hydrogen-bond donors (Lipinski definition) is 2. The van der Waals surface area contributed by atoms with Gasteiger partial charge in [0.2, 0.25) is 0 Å². The van der Waals surface area contributed by atoms with Crippen LogP contribution in [0.4, 0.5) is 0 Å². The van der Waals surface area contributed by atoms with Crippen LogP contribution >= 0.6 is 0 Å². The molecule has 0 bridgehead atoms. The SMILES string of the molecule is CC(C)c1ccc(CCCCCCCCCC(=O)O)c(CCCCCCCCCC(=O)O)c1. The normalized spacial score (nSPS) is 11.2. The highest BCUT2D eigenvalue weighted by Gasteiger charge is 2.07. The minimum Gasteiger partial charge on any atom is -0.481 e. The molecule has 0 saturated heterocycles. The first-order valence-corrected chi connectivity index (χ1v) is 13.5. The zero-order valence-electron chi connectivity index (χ0n) is 21.2. The van der Waals surface area contributed by atoms with Gasteiger partial charge in [-0.1, -0.05) is 96.3 Å². The van der Waals surface area contributed by atoms with Gasteiger partial charge in [-0.3, -0.25) is 9.59 Å². The van der Waals surface area contributed by atoms with Gasteiger partial charge < -0.3 is 10.2 Å². The predicted molar refractivity (Wildman–Crippen MR) is 137 cm³/mol. The van der Waals surface area contributed by atoms with Gasteiger partial charge in [-0.25, -0.2) is 0 Å². The van der Waals surface area contributed by atoms with E-state index in [9.17, 15) is 9.59 Å². The molecule has 0 aromatic heterocycles. The summed E-state index contributed by atoms with van der Waals surface area (Å²) >= 11 is 0. The second kappa shape index (κ2) is 18.6. The number of rotatable bonds is 21. The largest absolute Gasteiger partial charge is 0.481 e. The molecule has 0 radical (unpaired) electrons. The van der Waals surface area contributed by atoms with Crippen molar-refractivity contribution in [2.45, 2.75) is 135 Å². The van der Waals surface area contributed by atoms with Crippen LogP contribution in [0.3, 0.4) is 0 Å². The van der Waals surface area contributed by atoms with Crippen LogP contribution in [0.2, 0.25) is 0 Å². The van der Waals surface area contributed by atoms with Crippen molar-refractivity contribution in [3.05, 3.63) is 34.9 Å². The van der Waals surface area contributed by atoms with Crippen LogP contribution < -0.4 is 0 Å². The summed E-state index contributed by atoms with van der Waals surface area (Å²) in [5.41, 5.74) is 4.50. The van der Waals surface area contributed by atoms with Gasteiger partial charge in [0.1, 0.15) is 0 Å². The van der Waals surface area contributed by atoms with Crippen LogP contribution in [0, 0.1) is 0 Å². The van der Waals surface area contributed by atoms with Gasteiger partial charge in [0.15, 0.2) is 0 Å². The Bertz CT molecular complexity index is 666. The maximum Gasteiger partial charge on any atom is 0.303 e. The molecule has 2 N–H and O–H groups in total. The van der Waals surface area contributed by atoms with Crippen LogP contribution in [0.5, 0.6) is 0 Å². The number of carboxylic acid groups (broad SMARTS) is 2. The van der Waals surface area contributed by atoms with Crippen molar-refractivity contribution in [1.82, 2.24) is 0 Å². The summed E-state index contributed by atoms with van der Waals surface area (Å²) in [4.78, 5) is 21.1. The highest BCUT2D eigenvalue weighted by atomic mass is 16.4. The summed E-state index contributed by atoms with van der Waals surface area (Å²) in [6.07, 6.45) is 18.9. The number of carbonyl (C=O) groups is 2. The number of unbranched alkanes of at least 4 members (excludes halogenated alkanes) is 12. The van der Waals surface area contributed by atoms with E-state index in [2.05, 4.69) is 32.0 Å². The summed E-state index contributed by atoms with van der Waals surface area (Å²) in [6.45, 7) is 4.53. The van der Waals surface area contributed by atoms with Gasteiger partial charge in [0.25, 0.3) is 0 Å². The average molecular weight is 461 g/mol. The van der Waals surface area contributed by atoms with Gasteiger partial charge in [-0.2, -0.15) is 0 Å². The summed E-state index contributed by atoms with van der Waals surface area (Å²) in [5, 5.41) is 17.4. The fourth-order valence-electron chi connectivity index (χ4n) is 4.43. The zero-order chi connectivity index (χ0) is 24.3. The topological polar surface area (TPSA) is 74.6 Å². The second-order valence-corrected chi connectivity index (χ2v) is 9.92. The molecular weight excluding hydrogens is 412 g/mol. The lowest BCUT2D eigenvalue weighted by atomic mass is 9.91. The van der Waals surface area contributed by atoms with Crippen molar-refractivity contribution in [2.75, 3.05) is 0 Å². The molecule has 0 aliphatic carbocycles. The minimum atomic E-state index is -0.678. The molecule has 4 nitrogen and oxygen atoms in total. The standard InChI is InChI=1S/C29H48O4/c1-24(2)26-22-21-25(17-13-9-5-3-7-11-15-19-28(30)31)27(23-26)18-14-10-6-4-8-12-16-20-29(32)33/h21-24H,3-20H2,1-2H3,(H,30,31)(H,32,33). The van der Waals surface area contributed by atoms with Crippen molar-refractivity contribution < 1.29 is 19.8 Å². The fraction of sp³-hybridized carbons (Fsp3) is 0.724. The monoisotopic (exact) mass is 460 g/mol. The molecule has 1 aromatic carbocycles. The number of carboxylic acids is 2. The lowest BCUT2D eigenvalue weighted by molar-refractivity contribution is -0.138. The predicted octanol–water partition coefficient (Wildman–Crippen LogP) is 8.31. The highest BCUT2D eigenvalue weighted by Crippen LogP contribution is 2.23. The molecular formula is C29H48O4. The first-order chi connectivity index (χ1) is 15.9. The van der Waals surface area contributed by atoms with E-state index in [-0.39, 0.29) is 0 Å². The third kappa shape index (κ3) is 15.6. The lowest BCUT2D eigenvalue weighted by Crippen LogP contribution is -1.99. The molecule has 0 atom stereocenters. The van der Waals surface area contributed by atoms with E-state index >= 15 is 0 Å². The molecule has 0 heterocycles. The first kappa shape index (κ1) is 29.2. The Kier molecular flexibility index (Phi) is 16.4. The van der Waals surface area contributed by atoms with Crippen molar-refractivity contribution in [3.8, 4) is 0 Å². The Labute approximate surface area is 202 Å². The summed E-state index contributed by atoms with van der Waals surface area (Å²) in [6, 6.07) is 7.11. The Hall–Kier alpha value is -1.84. The Morgan fingerprint density at radius 3 is 1.42 bits per heavy atom. The van der Waals surface area contributed by atoms with Crippen LogP contribution in [0.15, 0.2) is 18.2 Å². The third-order valence-electron chi connectivity index (χ3n) is 6.57. The average Bonchev–Trinajstić information content (AvgIpc) is 2.76. The molecule has 0 saturated carbocycles. The van der Waals surface area contributed by atoms with Crippen LogP contribution in [0.1, 0.15) is 139 Å². The molecule has 0 aliphatic rings. The van der Waals surface area contributed by atoms with Crippen molar-refractivity contribution in [3.63, 3.8) is 0 Å².